The van der Waals surface area contributed by atoms with Crippen molar-refractivity contribution in [2.75, 3.05) is 63.8 Å². The predicted octanol–water partition coefficient (Wildman–Crippen LogP) is 6.38. The molecule has 45 heavy (non-hydrogen) atoms. The molecule has 2 aliphatic rings. The van der Waals surface area contributed by atoms with Gasteiger partial charge >= 0.3 is 0 Å². The number of carbonyl (C=O) groups is 1. The van der Waals surface area contributed by atoms with Gasteiger partial charge in [0.05, 0.1) is 6.04 Å². The molecule has 0 spiro atoms. The SMILES string of the molecule is C/C(C=O)=C/c1c(N(C)C)cc(C2CCOCC2)cc1N(C)CCCc1ccc(C(F)F)c(/C(C=NC2CCNCC2)=C/N)c1. The number of carbonyl (C=O) groups excluding carboxylic acids is 1. The van der Waals surface area contributed by atoms with Crippen LogP contribution in [0.4, 0.5) is 20.2 Å². The van der Waals surface area contributed by atoms with E-state index in [0.717, 1.165) is 93.7 Å². The van der Waals surface area contributed by atoms with Gasteiger partial charge in [0, 0.05) is 81.4 Å². The van der Waals surface area contributed by atoms with E-state index < -0.39 is 6.43 Å². The smallest absolute Gasteiger partial charge is 0.264 e. The van der Waals surface area contributed by atoms with Crippen molar-refractivity contribution in [2.45, 2.75) is 63.8 Å². The average molecular weight is 622 g/mol. The molecule has 2 aliphatic heterocycles. The first-order valence-corrected chi connectivity index (χ1v) is 16.1. The summed E-state index contributed by atoms with van der Waals surface area (Å²) < 4.78 is 33.7. The van der Waals surface area contributed by atoms with Crippen LogP contribution in [-0.2, 0) is 16.0 Å². The van der Waals surface area contributed by atoms with Crippen LogP contribution in [0, 0.1) is 0 Å². The van der Waals surface area contributed by atoms with Gasteiger partial charge in [-0.05, 0) is 105 Å². The molecule has 244 valence electrons. The summed E-state index contributed by atoms with van der Waals surface area (Å²) in [5.41, 5.74) is 12.9. The van der Waals surface area contributed by atoms with Gasteiger partial charge in [-0.15, -0.1) is 0 Å². The fraction of sp³-hybridized carbons (Fsp3) is 0.500. The van der Waals surface area contributed by atoms with E-state index in [1.54, 1.807) is 12.3 Å². The Morgan fingerprint density at radius 3 is 2.44 bits per heavy atom. The fourth-order valence-electron chi connectivity index (χ4n) is 6.19. The van der Waals surface area contributed by atoms with Crippen molar-refractivity contribution in [3.63, 3.8) is 0 Å². The third-order valence-electron chi connectivity index (χ3n) is 8.84. The second-order valence-electron chi connectivity index (χ2n) is 12.4. The number of hydrogen-bond acceptors (Lipinski definition) is 7. The molecule has 9 heteroatoms. The molecule has 0 aliphatic carbocycles. The monoisotopic (exact) mass is 621 g/mol. The third-order valence-corrected chi connectivity index (χ3v) is 8.84. The number of alkyl halides is 2. The summed E-state index contributed by atoms with van der Waals surface area (Å²) in [5, 5.41) is 3.32. The number of allylic oxidation sites excluding steroid dienone is 2. The Balaban J connectivity index is 1.56. The van der Waals surface area contributed by atoms with Crippen LogP contribution in [0.3, 0.4) is 0 Å². The molecule has 0 aromatic heterocycles. The quantitative estimate of drug-likeness (QED) is 0.154. The number of nitrogens with zero attached hydrogens (tertiary/aromatic N) is 3. The Morgan fingerprint density at radius 1 is 1.09 bits per heavy atom. The molecule has 2 saturated heterocycles. The number of rotatable bonds is 13. The molecule has 2 heterocycles. The molecule has 2 aromatic rings. The number of nitrogens with one attached hydrogen (secondary N) is 1. The van der Waals surface area contributed by atoms with Crippen molar-refractivity contribution in [1.29, 1.82) is 0 Å². The van der Waals surface area contributed by atoms with Crippen LogP contribution in [0.2, 0.25) is 0 Å². The molecule has 0 amide bonds. The molecule has 2 aromatic carbocycles. The predicted molar refractivity (Wildman–Crippen MR) is 183 cm³/mol. The van der Waals surface area contributed by atoms with Crippen molar-refractivity contribution in [2.24, 2.45) is 10.7 Å². The average Bonchev–Trinajstić information content (AvgIpc) is 3.05. The highest BCUT2D eigenvalue weighted by atomic mass is 19.3. The van der Waals surface area contributed by atoms with Gasteiger partial charge in [-0.1, -0.05) is 18.2 Å². The summed E-state index contributed by atoms with van der Waals surface area (Å²) >= 11 is 0. The van der Waals surface area contributed by atoms with Crippen LogP contribution in [0.1, 0.15) is 79.2 Å². The highest BCUT2D eigenvalue weighted by molar-refractivity contribution is 6.10. The molecule has 0 saturated carbocycles. The van der Waals surface area contributed by atoms with Crippen LogP contribution < -0.4 is 20.9 Å². The first-order chi connectivity index (χ1) is 21.7. The number of benzene rings is 2. The van der Waals surface area contributed by atoms with Gasteiger partial charge in [-0.3, -0.25) is 9.79 Å². The van der Waals surface area contributed by atoms with Gasteiger partial charge in [0.2, 0.25) is 0 Å². The lowest BCUT2D eigenvalue weighted by Gasteiger charge is -2.30. The molecule has 0 bridgehead atoms. The third kappa shape index (κ3) is 9.23. The number of piperidine rings is 1. The van der Waals surface area contributed by atoms with Crippen LogP contribution in [0.5, 0.6) is 0 Å². The van der Waals surface area contributed by atoms with E-state index in [2.05, 4.69) is 39.3 Å². The number of halogens is 2. The minimum absolute atomic E-state index is 0.0348. The van der Waals surface area contributed by atoms with E-state index >= 15 is 0 Å². The number of aldehydes is 1. The van der Waals surface area contributed by atoms with E-state index in [4.69, 9.17) is 10.5 Å². The summed E-state index contributed by atoms with van der Waals surface area (Å²) in [6.45, 7) is 5.90. The van der Waals surface area contributed by atoms with Gasteiger partial charge in [0.15, 0.2) is 0 Å². The number of aliphatic imine (C=N–C) groups is 1. The molecule has 7 nitrogen and oxygen atoms in total. The van der Waals surface area contributed by atoms with Crippen molar-refractivity contribution >= 4 is 35.5 Å². The molecule has 3 N–H and O–H groups in total. The molecule has 0 unspecified atom stereocenters. The zero-order valence-electron chi connectivity index (χ0n) is 27.2. The first-order valence-electron chi connectivity index (χ1n) is 16.1. The van der Waals surface area contributed by atoms with Crippen LogP contribution in [0.25, 0.3) is 11.6 Å². The topological polar surface area (TPSA) is 83.2 Å². The van der Waals surface area contributed by atoms with E-state index in [1.165, 1.54) is 17.8 Å². The maximum Gasteiger partial charge on any atom is 0.264 e. The van der Waals surface area contributed by atoms with Gasteiger partial charge < -0.3 is 25.6 Å². The van der Waals surface area contributed by atoms with E-state index in [-0.39, 0.29) is 11.6 Å². The molecule has 0 radical (unpaired) electrons. The van der Waals surface area contributed by atoms with Crippen LogP contribution >= 0.6 is 0 Å². The second kappa shape index (κ2) is 16.7. The molecular formula is C36H49F2N5O2. The lowest BCUT2D eigenvalue weighted by molar-refractivity contribution is -0.104. The fourth-order valence-corrected chi connectivity index (χ4v) is 6.19. The van der Waals surface area contributed by atoms with Crippen LogP contribution in [0.15, 0.2) is 47.1 Å². The Bertz CT molecular complexity index is 1380. The number of anilines is 2. The summed E-state index contributed by atoms with van der Waals surface area (Å²) in [7, 11) is 6.14. The van der Waals surface area contributed by atoms with E-state index in [0.29, 0.717) is 29.0 Å². The van der Waals surface area contributed by atoms with Gasteiger partial charge in [-0.2, -0.15) is 0 Å². The Labute approximate surface area is 267 Å². The van der Waals surface area contributed by atoms with Gasteiger partial charge in [-0.25, -0.2) is 8.78 Å². The summed E-state index contributed by atoms with van der Waals surface area (Å²) in [6, 6.07) is 9.84. The number of aryl methyl sites for hydroxylation is 1. The standard InChI is InChI=1S/C36H49F2N5O2/c1-25(24-44)18-33-34(42(2)3)20-28(27-11-16-45-17-12-27)21-35(33)43(4)15-5-6-26-7-8-31(36(37)38)32(19-26)29(22-39)23-41-30-9-13-40-14-10-30/h7-8,18-24,27,30,36,40H,5-6,9-17,39H2,1-4H3/b25-18-,29-22+,41-23?. The van der Waals surface area contributed by atoms with Crippen molar-refractivity contribution < 1.29 is 18.3 Å². The largest absolute Gasteiger partial charge is 0.404 e. The van der Waals surface area contributed by atoms with Crippen molar-refractivity contribution in [3.05, 3.63) is 69.9 Å². The van der Waals surface area contributed by atoms with Gasteiger partial charge in [0.25, 0.3) is 6.43 Å². The number of ether oxygens (including phenoxy) is 1. The molecule has 4 rings (SSSR count). The highest BCUT2D eigenvalue weighted by Gasteiger charge is 2.22. The highest BCUT2D eigenvalue weighted by Crippen LogP contribution is 2.38. The first kappa shape index (κ1) is 34.3. The summed E-state index contributed by atoms with van der Waals surface area (Å²) in [5.74, 6) is 0.421. The lowest BCUT2D eigenvalue weighted by Crippen LogP contribution is -2.29. The zero-order valence-corrected chi connectivity index (χ0v) is 27.2. The zero-order chi connectivity index (χ0) is 32.3. The second-order valence-corrected chi connectivity index (χ2v) is 12.4. The minimum atomic E-state index is -2.61. The van der Waals surface area contributed by atoms with E-state index in [9.17, 15) is 13.6 Å². The maximum atomic E-state index is 14.0. The van der Waals surface area contributed by atoms with Crippen molar-refractivity contribution in [3.8, 4) is 0 Å². The summed E-state index contributed by atoms with van der Waals surface area (Å²) in [4.78, 5) is 20.6. The lowest BCUT2D eigenvalue weighted by atomic mass is 9.89. The normalized spacial score (nSPS) is 17.3. The van der Waals surface area contributed by atoms with E-state index in [1.807, 2.05) is 33.2 Å². The Morgan fingerprint density at radius 2 is 1.80 bits per heavy atom. The van der Waals surface area contributed by atoms with Gasteiger partial charge in [0.1, 0.15) is 6.29 Å². The molecule has 2 fully saturated rings. The minimum Gasteiger partial charge on any atom is -0.404 e. The van der Waals surface area contributed by atoms with Crippen LogP contribution in [-0.4, -0.2) is 72.5 Å². The summed E-state index contributed by atoms with van der Waals surface area (Å²) in [6.07, 6.45) is 8.61. The number of nitrogens with two attached hydrogens (primary N) is 1. The molecule has 0 atom stereocenters. The molecular weight excluding hydrogens is 572 g/mol. The maximum absolute atomic E-state index is 14.0. The van der Waals surface area contributed by atoms with Crippen molar-refractivity contribution in [1.82, 2.24) is 5.32 Å². The number of hydrogen-bond donors (Lipinski definition) is 2. The Hall–Kier alpha value is -3.56. The Kier molecular flexibility index (Phi) is 12.7.